The maximum atomic E-state index is 12.6. The Balaban J connectivity index is 2.36. The van der Waals surface area contributed by atoms with Gasteiger partial charge >= 0.3 is 0 Å². The molecule has 0 saturated carbocycles. The van der Waals surface area contributed by atoms with Crippen LogP contribution in [0.2, 0.25) is 0 Å². The van der Waals surface area contributed by atoms with Crippen LogP contribution in [-0.4, -0.2) is 35.0 Å². The van der Waals surface area contributed by atoms with Gasteiger partial charge in [-0.25, -0.2) is 8.42 Å². The number of hydrogen-bond donors (Lipinski definition) is 1. The van der Waals surface area contributed by atoms with Gasteiger partial charge in [0, 0.05) is 31.0 Å². The van der Waals surface area contributed by atoms with E-state index in [2.05, 4.69) is 0 Å². The number of aliphatic hydroxyl groups is 1. The molecule has 1 aromatic rings. The van der Waals surface area contributed by atoms with Crippen LogP contribution in [0, 0.1) is 0 Å². The fourth-order valence-corrected chi connectivity index (χ4v) is 4.59. The van der Waals surface area contributed by atoms with E-state index in [1.807, 2.05) is 13.8 Å². The number of sulfonamides is 1. The third-order valence-electron chi connectivity index (χ3n) is 3.86. The molecule has 1 aliphatic heterocycles. The van der Waals surface area contributed by atoms with E-state index in [1.165, 1.54) is 0 Å². The van der Waals surface area contributed by atoms with Gasteiger partial charge in [-0.1, -0.05) is 6.92 Å². The van der Waals surface area contributed by atoms with E-state index < -0.39 is 10.0 Å². The highest BCUT2D eigenvalue weighted by Gasteiger charge is 2.34. The minimum absolute atomic E-state index is 0.118. The predicted octanol–water partition coefficient (Wildman–Crippen LogP) is 1.56. The Hall–Kier alpha value is -0.850. The molecule has 1 N–H and O–H groups in total. The fourth-order valence-electron chi connectivity index (χ4n) is 2.76. The summed E-state index contributed by atoms with van der Waals surface area (Å²) in [6.45, 7) is 5.07. The normalized spacial score (nSPS) is 21.1. The van der Waals surface area contributed by atoms with Crippen LogP contribution in [0.1, 0.15) is 38.8 Å². The summed E-state index contributed by atoms with van der Waals surface area (Å²) in [5, 5.41) is 9.26. The predicted molar refractivity (Wildman–Crippen MR) is 73.2 cm³/mol. The first-order valence-corrected chi connectivity index (χ1v) is 8.30. The molecule has 1 atom stereocenters. The lowest BCUT2D eigenvalue weighted by molar-refractivity contribution is 0.271. The summed E-state index contributed by atoms with van der Waals surface area (Å²) in [5.41, 5.74) is 0.647. The Labute approximate surface area is 114 Å². The van der Waals surface area contributed by atoms with Crippen LogP contribution in [0.4, 0.5) is 0 Å². The van der Waals surface area contributed by atoms with Crippen molar-refractivity contribution in [3.8, 4) is 0 Å². The number of hydrogen-bond acceptors (Lipinski definition) is 3. The van der Waals surface area contributed by atoms with Crippen molar-refractivity contribution < 1.29 is 13.5 Å². The third-order valence-corrected chi connectivity index (χ3v) is 5.78. The smallest absolute Gasteiger partial charge is 0.244 e. The van der Waals surface area contributed by atoms with Gasteiger partial charge < -0.3 is 9.67 Å². The highest BCUT2D eigenvalue weighted by atomic mass is 32.2. The average molecular weight is 286 g/mol. The largest absolute Gasteiger partial charge is 0.390 e. The Morgan fingerprint density at radius 1 is 1.42 bits per heavy atom. The molecule has 1 saturated heterocycles. The van der Waals surface area contributed by atoms with Crippen LogP contribution in [0.25, 0.3) is 0 Å². The zero-order valence-corrected chi connectivity index (χ0v) is 12.4. The monoisotopic (exact) mass is 286 g/mol. The standard InChI is InChI=1S/C13H22N2O3S/c1-3-11-6-5-7-15(11)19(17,18)13-8-12(10-16)14(4-2)9-13/h8-9,11,16H,3-7,10H2,1-2H3. The lowest BCUT2D eigenvalue weighted by atomic mass is 10.2. The van der Waals surface area contributed by atoms with Crippen molar-refractivity contribution in [2.75, 3.05) is 6.54 Å². The molecule has 2 rings (SSSR count). The van der Waals surface area contributed by atoms with E-state index >= 15 is 0 Å². The molecule has 0 aromatic carbocycles. The van der Waals surface area contributed by atoms with E-state index in [-0.39, 0.29) is 12.6 Å². The van der Waals surface area contributed by atoms with Crippen LogP contribution < -0.4 is 0 Å². The van der Waals surface area contributed by atoms with Crippen molar-refractivity contribution in [3.63, 3.8) is 0 Å². The molecule has 0 spiro atoms. The molecule has 0 aliphatic carbocycles. The first kappa shape index (κ1) is 14.6. The van der Waals surface area contributed by atoms with E-state index in [0.717, 1.165) is 19.3 Å². The van der Waals surface area contributed by atoms with Gasteiger partial charge in [-0.05, 0) is 32.3 Å². The first-order valence-electron chi connectivity index (χ1n) is 6.86. The molecule has 1 aliphatic rings. The van der Waals surface area contributed by atoms with Crippen molar-refractivity contribution in [2.24, 2.45) is 0 Å². The van der Waals surface area contributed by atoms with Gasteiger partial charge in [-0.2, -0.15) is 4.31 Å². The second kappa shape index (κ2) is 5.64. The van der Waals surface area contributed by atoms with Crippen LogP contribution in [0.5, 0.6) is 0 Å². The van der Waals surface area contributed by atoms with E-state index in [0.29, 0.717) is 23.7 Å². The second-order valence-corrected chi connectivity index (χ2v) is 6.82. The number of aryl methyl sites for hydroxylation is 1. The summed E-state index contributed by atoms with van der Waals surface area (Å²) >= 11 is 0. The zero-order chi connectivity index (χ0) is 14.0. The quantitative estimate of drug-likeness (QED) is 0.893. The maximum absolute atomic E-state index is 12.6. The van der Waals surface area contributed by atoms with Crippen LogP contribution in [0.15, 0.2) is 17.2 Å². The van der Waals surface area contributed by atoms with Crippen molar-refractivity contribution in [3.05, 3.63) is 18.0 Å². The number of aromatic nitrogens is 1. The second-order valence-electron chi connectivity index (χ2n) is 4.93. The summed E-state index contributed by atoms with van der Waals surface area (Å²) in [7, 11) is -3.42. The molecule has 0 bridgehead atoms. The summed E-state index contributed by atoms with van der Waals surface area (Å²) in [6, 6.07) is 1.71. The Bertz CT molecular complexity index is 515. The average Bonchev–Trinajstić information content (AvgIpc) is 3.04. The summed E-state index contributed by atoms with van der Waals surface area (Å²) < 4.78 is 28.7. The van der Waals surface area contributed by atoms with Gasteiger partial charge in [-0.3, -0.25) is 0 Å². The molecular weight excluding hydrogens is 264 g/mol. The summed E-state index contributed by atoms with van der Waals surface area (Å²) in [5.74, 6) is 0. The zero-order valence-electron chi connectivity index (χ0n) is 11.5. The SMILES string of the molecule is CCC1CCCN1S(=O)(=O)c1cc(CO)n(CC)c1. The first-order chi connectivity index (χ1) is 9.04. The molecule has 2 heterocycles. The molecular formula is C13H22N2O3S. The fraction of sp³-hybridized carbons (Fsp3) is 0.692. The van der Waals surface area contributed by atoms with Gasteiger partial charge in [0.25, 0.3) is 0 Å². The van der Waals surface area contributed by atoms with Crippen molar-refractivity contribution in [2.45, 2.75) is 57.2 Å². The van der Waals surface area contributed by atoms with Crippen molar-refractivity contribution in [1.82, 2.24) is 8.87 Å². The van der Waals surface area contributed by atoms with Crippen molar-refractivity contribution in [1.29, 1.82) is 0 Å². The molecule has 0 amide bonds. The number of nitrogens with zero attached hydrogens (tertiary/aromatic N) is 2. The highest BCUT2D eigenvalue weighted by molar-refractivity contribution is 7.89. The summed E-state index contributed by atoms with van der Waals surface area (Å²) in [4.78, 5) is 0.304. The van der Waals surface area contributed by atoms with Crippen LogP contribution in [-0.2, 0) is 23.2 Å². The highest BCUT2D eigenvalue weighted by Crippen LogP contribution is 2.28. The van der Waals surface area contributed by atoms with Gasteiger partial charge in [-0.15, -0.1) is 0 Å². The van der Waals surface area contributed by atoms with Crippen molar-refractivity contribution >= 4 is 10.0 Å². The molecule has 1 fully saturated rings. The minimum Gasteiger partial charge on any atom is -0.390 e. The van der Waals surface area contributed by atoms with E-state index in [1.54, 1.807) is 21.1 Å². The summed E-state index contributed by atoms with van der Waals surface area (Å²) in [6.07, 6.45) is 4.35. The maximum Gasteiger partial charge on any atom is 0.244 e. The minimum atomic E-state index is -3.42. The van der Waals surface area contributed by atoms with Gasteiger partial charge in [0.1, 0.15) is 4.90 Å². The Morgan fingerprint density at radius 2 is 2.16 bits per heavy atom. The van der Waals surface area contributed by atoms with Gasteiger partial charge in [0.05, 0.1) is 6.61 Å². The van der Waals surface area contributed by atoms with Crippen LogP contribution >= 0.6 is 0 Å². The topological polar surface area (TPSA) is 62.5 Å². The van der Waals surface area contributed by atoms with E-state index in [9.17, 15) is 13.5 Å². The molecule has 1 aromatic heterocycles. The molecule has 19 heavy (non-hydrogen) atoms. The van der Waals surface area contributed by atoms with Gasteiger partial charge in [0.15, 0.2) is 0 Å². The molecule has 0 radical (unpaired) electrons. The lowest BCUT2D eigenvalue weighted by Gasteiger charge is -2.22. The van der Waals surface area contributed by atoms with Gasteiger partial charge in [0.2, 0.25) is 10.0 Å². The number of aliphatic hydroxyl groups excluding tert-OH is 1. The number of rotatable bonds is 5. The molecule has 1 unspecified atom stereocenters. The molecule has 6 heteroatoms. The third kappa shape index (κ3) is 2.57. The lowest BCUT2D eigenvalue weighted by Crippen LogP contribution is -2.34. The molecule has 108 valence electrons. The Kier molecular flexibility index (Phi) is 4.32. The van der Waals surface area contributed by atoms with Crippen LogP contribution in [0.3, 0.4) is 0 Å². The Morgan fingerprint density at radius 3 is 2.68 bits per heavy atom. The molecule has 5 nitrogen and oxygen atoms in total. The van der Waals surface area contributed by atoms with E-state index in [4.69, 9.17) is 0 Å².